The molecule has 21 heavy (non-hydrogen) atoms. The molecule has 0 amide bonds. The zero-order chi connectivity index (χ0) is 14.4. The quantitative estimate of drug-likeness (QED) is 0.654. The fourth-order valence-corrected chi connectivity index (χ4v) is 1.92. The van der Waals surface area contributed by atoms with Crippen LogP contribution in [-0.4, -0.2) is 29.0 Å². The highest BCUT2D eigenvalue weighted by molar-refractivity contribution is 5.63. The fraction of sp³-hybridized carbons (Fsp3) is 0.294. The monoisotopic (exact) mass is 306 g/mol. The number of halogens is 1. The van der Waals surface area contributed by atoms with E-state index >= 15 is 0 Å². The molecule has 2 rings (SSSR count). The minimum Gasteiger partial charge on any atom is -1.00 e. The number of aliphatic hydroxyl groups is 2. The summed E-state index contributed by atoms with van der Waals surface area (Å²) in [6.45, 7) is 2.23. The van der Waals surface area contributed by atoms with E-state index in [0.717, 1.165) is 5.56 Å². The van der Waals surface area contributed by atoms with Gasteiger partial charge in [-0.25, -0.2) is 0 Å². The lowest BCUT2D eigenvalue weighted by atomic mass is 10.0. The Balaban J connectivity index is 0.00000220. The molecule has 2 aromatic carbocycles. The van der Waals surface area contributed by atoms with Gasteiger partial charge in [0, 0.05) is 6.54 Å². The minimum atomic E-state index is -0.641. The summed E-state index contributed by atoms with van der Waals surface area (Å²) in [6, 6.07) is 18.5. The molecule has 2 aromatic rings. The second-order valence-electron chi connectivity index (χ2n) is 5.29. The minimum absolute atomic E-state index is 0. The van der Waals surface area contributed by atoms with E-state index in [0.29, 0.717) is 6.54 Å². The van der Waals surface area contributed by atoms with Gasteiger partial charge in [0.15, 0.2) is 0 Å². The summed E-state index contributed by atoms with van der Waals surface area (Å²) in [7, 11) is 0. The summed E-state index contributed by atoms with van der Waals surface area (Å²) >= 11 is 0. The Morgan fingerprint density at radius 3 is 1.90 bits per heavy atom. The van der Waals surface area contributed by atoms with Crippen molar-refractivity contribution in [3.05, 3.63) is 60.2 Å². The highest BCUT2D eigenvalue weighted by atomic mass is 35.5. The zero-order valence-corrected chi connectivity index (χ0v) is 12.8. The summed E-state index contributed by atoms with van der Waals surface area (Å²) in [5, 5.41) is 21.6. The van der Waals surface area contributed by atoms with Gasteiger partial charge in [0.1, 0.15) is 0 Å². The number of rotatable bonds is 6. The molecule has 0 fully saturated rings. The maximum absolute atomic E-state index is 9.23. The Morgan fingerprint density at radius 2 is 1.38 bits per heavy atom. The van der Waals surface area contributed by atoms with Crippen LogP contribution in [0, 0.1) is 0 Å². The van der Waals surface area contributed by atoms with Crippen LogP contribution in [0.15, 0.2) is 54.6 Å². The molecular formula is C17H21ClNO2-. The number of benzene rings is 2. The highest BCUT2D eigenvalue weighted by Crippen LogP contribution is 2.19. The van der Waals surface area contributed by atoms with Gasteiger partial charge in [0.05, 0.1) is 18.8 Å². The molecule has 3 nitrogen and oxygen atoms in total. The number of hydrogen-bond donors (Lipinski definition) is 3. The second kappa shape index (κ2) is 8.15. The van der Waals surface area contributed by atoms with Crippen LogP contribution < -0.4 is 17.7 Å². The van der Waals surface area contributed by atoms with Crippen molar-refractivity contribution in [3.8, 4) is 11.1 Å². The number of nitrogens with one attached hydrogen (secondary N) is 1. The smallest absolute Gasteiger partial charge is 0.0633 e. The Labute approximate surface area is 132 Å². The lowest BCUT2D eigenvalue weighted by Crippen LogP contribution is -3.00. The molecule has 4 heteroatoms. The van der Waals surface area contributed by atoms with Gasteiger partial charge in [-0.2, -0.15) is 0 Å². The van der Waals surface area contributed by atoms with Crippen molar-refractivity contribution < 1.29 is 22.6 Å². The van der Waals surface area contributed by atoms with Crippen LogP contribution in [0.2, 0.25) is 0 Å². The van der Waals surface area contributed by atoms with Gasteiger partial charge in [0.2, 0.25) is 0 Å². The van der Waals surface area contributed by atoms with Crippen LogP contribution >= 0.6 is 0 Å². The number of aliphatic hydroxyl groups excluding tert-OH is 2. The zero-order valence-electron chi connectivity index (χ0n) is 12.1. The summed E-state index contributed by atoms with van der Waals surface area (Å²) < 4.78 is 0. The third kappa shape index (κ3) is 4.83. The highest BCUT2D eigenvalue weighted by Gasteiger charge is 2.20. The standard InChI is InChI=1S/C17H21NO2.ClH/c1-17(12-19,13-20)18-11-14-7-9-16(10-8-14)15-5-3-2-4-6-15;/h2-10,18-20H,11-13H2,1H3;1H/p-1. The molecule has 0 saturated carbocycles. The molecule has 0 radical (unpaired) electrons. The molecule has 114 valence electrons. The lowest BCUT2D eigenvalue weighted by molar-refractivity contribution is -0.00000629. The van der Waals surface area contributed by atoms with Crippen molar-refractivity contribution in [2.24, 2.45) is 0 Å². The van der Waals surface area contributed by atoms with Crippen LogP contribution in [0.4, 0.5) is 0 Å². The van der Waals surface area contributed by atoms with E-state index in [2.05, 4.69) is 41.7 Å². The Kier molecular flexibility index (Phi) is 6.85. The van der Waals surface area contributed by atoms with Crippen LogP contribution in [0.3, 0.4) is 0 Å². The molecule has 0 saturated heterocycles. The van der Waals surface area contributed by atoms with Crippen LogP contribution in [0.1, 0.15) is 12.5 Å². The summed E-state index contributed by atoms with van der Waals surface area (Å²) in [5.41, 5.74) is 2.86. The van der Waals surface area contributed by atoms with Crippen molar-refractivity contribution in [2.45, 2.75) is 19.0 Å². The van der Waals surface area contributed by atoms with Gasteiger partial charge in [-0.05, 0) is 23.6 Å². The summed E-state index contributed by atoms with van der Waals surface area (Å²) in [6.07, 6.45) is 0. The first-order valence-electron chi connectivity index (χ1n) is 6.78. The molecule has 0 atom stereocenters. The van der Waals surface area contributed by atoms with Gasteiger partial charge in [-0.15, -0.1) is 0 Å². The van der Waals surface area contributed by atoms with E-state index < -0.39 is 5.54 Å². The van der Waals surface area contributed by atoms with Crippen molar-refractivity contribution in [1.82, 2.24) is 5.32 Å². The second-order valence-corrected chi connectivity index (χ2v) is 5.29. The Hall–Kier alpha value is -1.39. The molecular weight excluding hydrogens is 286 g/mol. The van der Waals surface area contributed by atoms with E-state index in [1.54, 1.807) is 6.92 Å². The van der Waals surface area contributed by atoms with Crippen LogP contribution in [0.5, 0.6) is 0 Å². The topological polar surface area (TPSA) is 52.5 Å². The molecule has 0 unspecified atom stereocenters. The normalized spacial score (nSPS) is 11.0. The average Bonchev–Trinajstić information content (AvgIpc) is 2.54. The third-order valence-corrected chi connectivity index (χ3v) is 3.48. The van der Waals surface area contributed by atoms with Gasteiger partial charge in [0.25, 0.3) is 0 Å². The van der Waals surface area contributed by atoms with E-state index in [9.17, 15) is 10.2 Å². The van der Waals surface area contributed by atoms with Crippen LogP contribution in [0.25, 0.3) is 11.1 Å². The molecule has 0 aromatic heterocycles. The average molecular weight is 307 g/mol. The molecule has 0 heterocycles. The predicted molar refractivity (Wildman–Crippen MR) is 81.3 cm³/mol. The molecule has 0 aliphatic carbocycles. The van der Waals surface area contributed by atoms with Gasteiger partial charge in [-0.3, -0.25) is 0 Å². The van der Waals surface area contributed by atoms with Crippen molar-refractivity contribution in [1.29, 1.82) is 0 Å². The molecule has 0 spiro atoms. The first-order chi connectivity index (χ1) is 9.67. The first kappa shape index (κ1) is 17.7. The number of hydrogen-bond acceptors (Lipinski definition) is 3. The van der Waals surface area contributed by atoms with E-state index in [1.807, 2.05) is 18.2 Å². The van der Waals surface area contributed by atoms with Crippen molar-refractivity contribution >= 4 is 0 Å². The fourth-order valence-electron chi connectivity index (χ4n) is 1.92. The largest absolute Gasteiger partial charge is 1.00 e. The molecule has 3 N–H and O–H groups in total. The van der Waals surface area contributed by atoms with Crippen LogP contribution in [-0.2, 0) is 6.54 Å². The maximum atomic E-state index is 9.23. The predicted octanol–water partition coefficient (Wildman–Crippen LogP) is -0.809. The first-order valence-corrected chi connectivity index (χ1v) is 6.78. The molecule has 0 aliphatic heterocycles. The van der Waals surface area contributed by atoms with Gasteiger partial charge in [-0.1, -0.05) is 54.6 Å². The van der Waals surface area contributed by atoms with Gasteiger partial charge < -0.3 is 27.9 Å². The van der Waals surface area contributed by atoms with E-state index in [1.165, 1.54) is 11.1 Å². The summed E-state index contributed by atoms with van der Waals surface area (Å²) in [5.74, 6) is 0. The Bertz CT molecular complexity index is 524. The SMILES string of the molecule is CC(CO)(CO)NCc1ccc(-c2ccccc2)cc1.[Cl-]. The van der Waals surface area contributed by atoms with Crippen molar-refractivity contribution in [2.75, 3.05) is 13.2 Å². The molecule has 0 aliphatic rings. The summed E-state index contributed by atoms with van der Waals surface area (Å²) in [4.78, 5) is 0. The Morgan fingerprint density at radius 1 is 0.857 bits per heavy atom. The lowest BCUT2D eigenvalue weighted by Gasteiger charge is -2.26. The third-order valence-electron chi connectivity index (χ3n) is 3.48. The van der Waals surface area contributed by atoms with Gasteiger partial charge >= 0.3 is 0 Å². The van der Waals surface area contributed by atoms with E-state index in [-0.39, 0.29) is 25.6 Å². The molecule has 0 bridgehead atoms. The van der Waals surface area contributed by atoms with E-state index in [4.69, 9.17) is 0 Å². The van der Waals surface area contributed by atoms with Crippen molar-refractivity contribution in [3.63, 3.8) is 0 Å². The maximum Gasteiger partial charge on any atom is 0.0633 e.